The van der Waals surface area contributed by atoms with Crippen LogP contribution in [0.15, 0.2) is 72.8 Å². The number of nitrogens with one attached hydrogen (secondary N) is 2. The van der Waals surface area contributed by atoms with Crippen molar-refractivity contribution in [3.05, 3.63) is 89.7 Å². The number of anilines is 1. The highest BCUT2D eigenvalue weighted by Crippen LogP contribution is 2.30. The zero-order chi connectivity index (χ0) is 20.8. The van der Waals surface area contributed by atoms with Crippen molar-refractivity contribution in [2.24, 2.45) is 0 Å². The van der Waals surface area contributed by atoms with E-state index in [0.29, 0.717) is 25.4 Å². The second-order valence-corrected chi connectivity index (χ2v) is 7.02. The van der Waals surface area contributed by atoms with E-state index in [2.05, 4.69) is 10.6 Å². The average molecular weight is 406 g/mol. The van der Waals surface area contributed by atoms with Crippen molar-refractivity contribution < 1.29 is 18.7 Å². The SMILES string of the molecule is O=C(Nc1ccc(F)cc1)[C@@H](NCCc1ccc2c(c1)OCCO2)c1ccccc1. The summed E-state index contributed by atoms with van der Waals surface area (Å²) in [5, 5.41) is 6.19. The summed E-state index contributed by atoms with van der Waals surface area (Å²) in [6.45, 7) is 1.71. The minimum Gasteiger partial charge on any atom is -0.486 e. The Labute approximate surface area is 174 Å². The quantitative estimate of drug-likeness (QED) is 0.620. The Morgan fingerprint density at radius 3 is 2.43 bits per heavy atom. The number of halogens is 1. The first-order valence-electron chi connectivity index (χ1n) is 9.92. The van der Waals surface area contributed by atoms with Crippen LogP contribution in [0.1, 0.15) is 17.2 Å². The minimum atomic E-state index is -0.534. The van der Waals surface area contributed by atoms with E-state index in [0.717, 1.165) is 29.0 Å². The summed E-state index contributed by atoms with van der Waals surface area (Å²) in [7, 11) is 0. The lowest BCUT2D eigenvalue weighted by molar-refractivity contribution is -0.118. The van der Waals surface area contributed by atoms with Crippen LogP contribution in [-0.2, 0) is 11.2 Å². The number of benzene rings is 3. The lowest BCUT2D eigenvalue weighted by atomic mass is 10.0. The molecule has 0 bridgehead atoms. The third-order valence-electron chi connectivity index (χ3n) is 4.88. The molecule has 0 spiro atoms. The fourth-order valence-corrected chi connectivity index (χ4v) is 3.36. The molecule has 0 unspecified atom stereocenters. The number of ether oxygens (including phenoxy) is 2. The van der Waals surface area contributed by atoms with Gasteiger partial charge in [-0.1, -0.05) is 36.4 Å². The van der Waals surface area contributed by atoms with E-state index in [1.54, 1.807) is 12.1 Å². The Hall–Kier alpha value is -3.38. The number of rotatable bonds is 7. The van der Waals surface area contributed by atoms with E-state index >= 15 is 0 Å². The van der Waals surface area contributed by atoms with Crippen LogP contribution >= 0.6 is 0 Å². The average Bonchev–Trinajstić information content (AvgIpc) is 2.78. The molecular weight excluding hydrogens is 383 g/mol. The van der Waals surface area contributed by atoms with Gasteiger partial charge in [-0.25, -0.2) is 4.39 Å². The molecule has 30 heavy (non-hydrogen) atoms. The van der Waals surface area contributed by atoms with Crippen molar-refractivity contribution >= 4 is 11.6 Å². The third-order valence-corrected chi connectivity index (χ3v) is 4.88. The van der Waals surface area contributed by atoms with Crippen molar-refractivity contribution in [3.8, 4) is 11.5 Å². The summed E-state index contributed by atoms with van der Waals surface area (Å²) < 4.78 is 24.3. The monoisotopic (exact) mass is 406 g/mol. The maximum atomic E-state index is 13.1. The lowest BCUT2D eigenvalue weighted by Crippen LogP contribution is -2.34. The molecule has 3 aromatic rings. The molecule has 0 radical (unpaired) electrons. The highest BCUT2D eigenvalue weighted by atomic mass is 19.1. The van der Waals surface area contributed by atoms with Crippen molar-refractivity contribution in [1.82, 2.24) is 5.32 Å². The van der Waals surface area contributed by atoms with Gasteiger partial charge in [0.1, 0.15) is 25.1 Å². The molecule has 1 atom stereocenters. The molecule has 2 N–H and O–H groups in total. The van der Waals surface area contributed by atoms with Gasteiger partial charge in [0.25, 0.3) is 0 Å². The normalized spacial score (nSPS) is 13.5. The lowest BCUT2D eigenvalue weighted by Gasteiger charge is -2.20. The number of fused-ring (bicyclic) bond motifs is 1. The molecule has 1 aliphatic heterocycles. The minimum absolute atomic E-state index is 0.199. The van der Waals surface area contributed by atoms with Crippen molar-refractivity contribution in [2.75, 3.05) is 25.1 Å². The van der Waals surface area contributed by atoms with Crippen LogP contribution in [0.3, 0.4) is 0 Å². The molecule has 1 amide bonds. The molecule has 1 aliphatic rings. The Bertz CT molecular complexity index is 993. The Kier molecular flexibility index (Phi) is 6.25. The standard InChI is InChI=1S/C24H23FN2O3/c25-19-7-9-20(10-8-19)27-24(28)23(18-4-2-1-3-5-18)26-13-12-17-6-11-21-22(16-17)30-15-14-29-21/h1-11,16,23,26H,12-15H2,(H,27,28)/t23-/m0/s1. The molecule has 5 nitrogen and oxygen atoms in total. The number of amides is 1. The third kappa shape index (κ3) is 4.96. The largest absolute Gasteiger partial charge is 0.486 e. The molecular formula is C24H23FN2O3. The van der Waals surface area contributed by atoms with Crippen LogP contribution in [0.4, 0.5) is 10.1 Å². The summed E-state index contributed by atoms with van der Waals surface area (Å²) in [5.41, 5.74) is 2.51. The zero-order valence-corrected chi connectivity index (χ0v) is 16.4. The van der Waals surface area contributed by atoms with Crippen LogP contribution in [0, 0.1) is 5.82 Å². The first-order valence-corrected chi connectivity index (χ1v) is 9.92. The van der Waals surface area contributed by atoms with E-state index in [1.165, 1.54) is 12.1 Å². The Morgan fingerprint density at radius 1 is 0.933 bits per heavy atom. The molecule has 0 aromatic heterocycles. The fraction of sp³-hybridized carbons (Fsp3) is 0.208. The van der Waals surface area contributed by atoms with Gasteiger partial charge >= 0.3 is 0 Å². The Balaban J connectivity index is 1.42. The van der Waals surface area contributed by atoms with Gasteiger partial charge < -0.3 is 20.1 Å². The molecule has 0 aliphatic carbocycles. The molecule has 1 heterocycles. The molecule has 0 saturated carbocycles. The van der Waals surface area contributed by atoms with Crippen LogP contribution in [0.2, 0.25) is 0 Å². The van der Waals surface area contributed by atoms with E-state index in [-0.39, 0.29) is 11.7 Å². The van der Waals surface area contributed by atoms with Crippen LogP contribution in [0.25, 0.3) is 0 Å². The molecule has 6 heteroatoms. The number of hydrogen-bond acceptors (Lipinski definition) is 4. The van der Waals surface area contributed by atoms with Gasteiger partial charge in [-0.15, -0.1) is 0 Å². The van der Waals surface area contributed by atoms with Gasteiger partial charge in [0.05, 0.1) is 0 Å². The van der Waals surface area contributed by atoms with Crippen LogP contribution in [0.5, 0.6) is 11.5 Å². The maximum Gasteiger partial charge on any atom is 0.246 e. The second kappa shape index (κ2) is 9.41. The molecule has 0 saturated heterocycles. The first-order chi connectivity index (χ1) is 14.7. The van der Waals surface area contributed by atoms with Gasteiger partial charge in [0, 0.05) is 12.2 Å². The van der Waals surface area contributed by atoms with E-state index in [9.17, 15) is 9.18 Å². The van der Waals surface area contributed by atoms with Crippen LogP contribution in [-0.4, -0.2) is 25.7 Å². The van der Waals surface area contributed by atoms with Gasteiger partial charge in [-0.05, 0) is 53.9 Å². The predicted molar refractivity (Wildman–Crippen MR) is 113 cm³/mol. The van der Waals surface area contributed by atoms with Crippen molar-refractivity contribution in [2.45, 2.75) is 12.5 Å². The van der Waals surface area contributed by atoms with Crippen molar-refractivity contribution in [3.63, 3.8) is 0 Å². The molecule has 154 valence electrons. The van der Waals surface area contributed by atoms with Crippen molar-refractivity contribution in [1.29, 1.82) is 0 Å². The smallest absolute Gasteiger partial charge is 0.246 e. The summed E-state index contributed by atoms with van der Waals surface area (Å²) in [6, 6.07) is 20.6. The molecule has 4 rings (SSSR count). The summed E-state index contributed by atoms with van der Waals surface area (Å²) in [5.74, 6) is 0.978. The Morgan fingerprint density at radius 2 is 1.67 bits per heavy atom. The van der Waals surface area contributed by atoms with E-state index in [1.807, 2.05) is 48.5 Å². The van der Waals surface area contributed by atoms with E-state index in [4.69, 9.17) is 9.47 Å². The fourth-order valence-electron chi connectivity index (χ4n) is 3.36. The topological polar surface area (TPSA) is 59.6 Å². The predicted octanol–water partition coefficient (Wildman–Crippen LogP) is 4.11. The van der Waals surface area contributed by atoms with Gasteiger partial charge in [0.2, 0.25) is 5.91 Å². The number of carbonyl (C=O) groups excluding carboxylic acids is 1. The first kappa shape index (κ1) is 19.9. The summed E-state index contributed by atoms with van der Waals surface area (Å²) in [4.78, 5) is 12.9. The second-order valence-electron chi connectivity index (χ2n) is 7.02. The van der Waals surface area contributed by atoms with Crippen LogP contribution < -0.4 is 20.1 Å². The zero-order valence-electron chi connectivity index (χ0n) is 16.4. The highest BCUT2D eigenvalue weighted by Gasteiger charge is 2.20. The molecule has 3 aromatic carbocycles. The summed E-state index contributed by atoms with van der Waals surface area (Å²) >= 11 is 0. The maximum absolute atomic E-state index is 13.1. The van der Waals surface area contributed by atoms with Gasteiger partial charge in [0.15, 0.2) is 11.5 Å². The molecule has 0 fully saturated rings. The number of hydrogen-bond donors (Lipinski definition) is 2. The van der Waals surface area contributed by atoms with E-state index < -0.39 is 6.04 Å². The van der Waals surface area contributed by atoms with Gasteiger partial charge in [-0.2, -0.15) is 0 Å². The highest BCUT2D eigenvalue weighted by molar-refractivity contribution is 5.95. The van der Waals surface area contributed by atoms with Gasteiger partial charge in [-0.3, -0.25) is 4.79 Å². The summed E-state index contributed by atoms with van der Waals surface area (Å²) in [6.07, 6.45) is 0.726. The number of carbonyl (C=O) groups is 1.